The topological polar surface area (TPSA) is 133 Å². The minimum Gasteiger partial charge on any atom is -0.478 e. The highest BCUT2D eigenvalue weighted by Crippen LogP contribution is 2.33. The maximum Gasteiger partial charge on any atom is 0.335 e. The molecule has 154 valence electrons. The van der Waals surface area contributed by atoms with Gasteiger partial charge in [-0.05, 0) is 49.1 Å². The summed E-state index contributed by atoms with van der Waals surface area (Å²) >= 11 is 0. The van der Waals surface area contributed by atoms with Crippen molar-refractivity contribution in [2.75, 3.05) is 18.5 Å². The second-order valence-corrected chi connectivity index (χ2v) is 7.37. The summed E-state index contributed by atoms with van der Waals surface area (Å²) in [4.78, 5) is 26.5. The molecule has 1 saturated heterocycles. The average molecular weight is 407 g/mol. The van der Waals surface area contributed by atoms with Crippen LogP contribution < -0.4 is 10.9 Å². The molecule has 3 N–H and O–H groups in total. The first-order valence-electron chi connectivity index (χ1n) is 9.65. The number of fused-ring (bicyclic) bond motifs is 1. The monoisotopic (exact) mass is 407 g/mol. The summed E-state index contributed by atoms with van der Waals surface area (Å²) in [7, 11) is 0. The third-order valence-corrected chi connectivity index (χ3v) is 5.48. The number of nitriles is 1. The van der Waals surface area contributed by atoms with Crippen molar-refractivity contribution in [3.8, 4) is 6.07 Å². The Morgan fingerprint density at radius 1 is 1.47 bits per heavy atom. The Bertz CT molecular complexity index is 1210. The number of anilines is 2. The van der Waals surface area contributed by atoms with Gasteiger partial charge in [-0.1, -0.05) is 0 Å². The van der Waals surface area contributed by atoms with Crippen LogP contribution in [-0.2, 0) is 4.74 Å². The van der Waals surface area contributed by atoms with Crippen LogP contribution in [0.3, 0.4) is 0 Å². The SMILES string of the molecule is Cc1cc(Nc2nn([C@H]3COCC[C@@H]3CC#N)c3cc[nH]c(=O)c23)ccc1C(=O)O. The van der Waals surface area contributed by atoms with Crippen molar-refractivity contribution in [1.29, 1.82) is 5.26 Å². The summed E-state index contributed by atoms with van der Waals surface area (Å²) in [5.74, 6) is -0.544. The summed E-state index contributed by atoms with van der Waals surface area (Å²) in [6.45, 7) is 2.73. The molecule has 0 radical (unpaired) electrons. The van der Waals surface area contributed by atoms with E-state index >= 15 is 0 Å². The van der Waals surface area contributed by atoms with Crippen LogP contribution in [0.15, 0.2) is 35.3 Å². The van der Waals surface area contributed by atoms with Gasteiger partial charge in [0.05, 0.1) is 29.8 Å². The molecule has 4 rings (SSSR count). The Morgan fingerprint density at radius 3 is 3.03 bits per heavy atom. The smallest absolute Gasteiger partial charge is 0.335 e. The molecule has 9 nitrogen and oxygen atoms in total. The number of ether oxygens (including phenoxy) is 1. The number of carbonyl (C=O) groups is 1. The van der Waals surface area contributed by atoms with Crippen LogP contribution in [-0.4, -0.2) is 39.1 Å². The molecule has 1 aliphatic rings. The molecule has 1 fully saturated rings. The number of aromatic amines is 1. The lowest BCUT2D eigenvalue weighted by atomic mass is 9.92. The predicted molar refractivity (Wildman–Crippen MR) is 110 cm³/mol. The molecule has 30 heavy (non-hydrogen) atoms. The lowest BCUT2D eigenvalue weighted by Crippen LogP contribution is -2.30. The highest BCUT2D eigenvalue weighted by molar-refractivity contribution is 5.92. The van der Waals surface area contributed by atoms with Gasteiger partial charge in [0, 0.05) is 24.9 Å². The van der Waals surface area contributed by atoms with Crippen molar-refractivity contribution in [3.05, 3.63) is 51.9 Å². The molecule has 3 heterocycles. The van der Waals surface area contributed by atoms with Gasteiger partial charge >= 0.3 is 5.97 Å². The zero-order valence-electron chi connectivity index (χ0n) is 16.4. The molecular formula is C21H21N5O4. The van der Waals surface area contributed by atoms with E-state index in [1.807, 2.05) is 0 Å². The number of rotatable bonds is 5. The van der Waals surface area contributed by atoms with E-state index in [4.69, 9.17) is 4.74 Å². The van der Waals surface area contributed by atoms with E-state index in [0.717, 1.165) is 6.42 Å². The van der Waals surface area contributed by atoms with Gasteiger partial charge in [-0.15, -0.1) is 0 Å². The number of aromatic nitrogens is 3. The first kappa shape index (κ1) is 19.7. The Kier molecular flexibility index (Phi) is 5.25. The van der Waals surface area contributed by atoms with E-state index < -0.39 is 5.97 Å². The maximum absolute atomic E-state index is 12.6. The van der Waals surface area contributed by atoms with Gasteiger partial charge in [0.2, 0.25) is 0 Å². The molecule has 0 amide bonds. The average Bonchev–Trinajstić information content (AvgIpc) is 3.08. The van der Waals surface area contributed by atoms with E-state index in [9.17, 15) is 20.0 Å². The number of nitrogens with zero attached hydrogens (tertiary/aromatic N) is 3. The Hall–Kier alpha value is -3.64. The number of hydrogen-bond acceptors (Lipinski definition) is 6. The summed E-state index contributed by atoms with van der Waals surface area (Å²) < 4.78 is 7.41. The summed E-state index contributed by atoms with van der Waals surface area (Å²) in [6, 6.07) is 8.72. The van der Waals surface area contributed by atoms with Gasteiger partial charge in [-0.25, -0.2) is 4.79 Å². The molecule has 3 aromatic rings. The number of pyridine rings is 1. The Morgan fingerprint density at radius 2 is 2.30 bits per heavy atom. The van der Waals surface area contributed by atoms with Crippen molar-refractivity contribution in [1.82, 2.24) is 14.8 Å². The van der Waals surface area contributed by atoms with Crippen LogP contribution in [0.4, 0.5) is 11.5 Å². The molecule has 1 aromatic carbocycles. The molecule has 0 spiro atoms. The van der Waals surface area contributed by atoms with Crippen LogP contribution in [0, 0.1) is 24.2 Å². The van der Waals surface area contributed by atoms with Gasteiger partial charge in [0.15, 0.2) is 5.82 Å². The quantitative estimate of drug-likeness (QED) is 0.592. The lowest BCUT2D eigenvalue weighted by Gasteiger charge is -2.30. The first-order chi connectivity index (χ1) is 14.5. The van der Waals surface area contributed by atoms with Crippen LogP contribution in [0.1, 0.15) is 34.8 Å². The van der Waals surface area contributed by atoms with Gasteiger partial charge in [-0.3, -0.25) is 9.48 Å². The highest BCUT2D eigenvalue weighted by atomic mass is 16.5. The van der Waals surface area contributed by atoms with E-state index in [2.05, 4.69) is 21.5 Å². The largest absolute Gasteiger partial charge is 0.478 e. The third-order valence-electron chi connectivity index (χ3n) is 5.48. The minimum absolute atomic E-state index is 0.0797. The predicted octanol–water partition coefficient (Wildman–Crippen LogP) is 2.97. The van der Waals surface area contributed by atoms with Gasteiger partial charge in [0.25, 0.3) is 5.56 Å². The van der Waals surface area contributed by atoms with Crippen molar-refractivity contribution in [2.45, 2.75) is 25.8 Å². The molecule has 1 aliphatic heterocycles. The normalized spacial score (nSPS) is 18.8. The van der Waals surface area contributed by atoms with Crippen LogP contribution in [0.2, 0.25) is 0 Å². The van der Waals surface area contributed by atoms with E-state index in [1.54, 1.807) is 36.0 Å². The van der Waals surface area contributed by atoms with Crippen LogP contribution in [0.5, 0.6) is 0 Å². The number of aryl methyl sites for hydroxylation is 1. The van der Waals surface area contributed by atoms with E-state index in [1.165, 1.54) is 6.07 Å². The molecule has 0 aliphatic carbocycles. The second kappa shape index (κ2) is 8.00. The number of benzene rings is 1. The summed E-state index contributed by atoms with van der Waals surface area (Å²) in [5, 5.41) is 26.6. The van der Waals surface area contributed by atoms with Crippen LogP contribution >= 0.6 is 0 Å². The van der Waals surface area contributed by atoms with E-state index in [0.29, 0.717) is 47.6 Å². The van der Waals surface area contributed by atoms with Crippen LogP contribution in [0.25, 0.3) is 10.9 Å². The number of H-pyrrole nitrogens is 1. The Balaban J connectivity index is 1.78. The molecular weight excluding hydrogens is 386 g/mol. The summed E-state index contributed by atoms with van der Waals surface area (Å²) in [5.41, 5.74) is 1.81. The highest BCUT2D eigenvalue weighted by Gasteiger charge is 2.30. The number of carboxylic acids is 1. The van der Waals surface area contributed by atoms with Crippen molar-refractivity contribution < 1.29 is 14.6 Å². The molecule has 9 heteroatoms. The Labute approximate surface area is 171 Å². The van der Waals surface area contributed by atoms with Gasteiger partial charge < -0.3 is 20.1 Å². The van der Waals surface area contributed by atoms with Crippen molar-refractivity contribution in [3.63, 3.8) is 0 Å². The second-order valence-electron chi connectivity index (χ2n) is 7.37. The number of hydrogen-bond donors (Lipinski definition) is 3. The van der Waals surface area contributed by atoms with Crippen molar-refractivity contribution >= 4 is 28.4 Å². The molecule has 0 saturated carbocycles. The van der Waals surface area contributed by atoms with E-state index in [-0.39, 0.29) is 23.1 Å². The molecule has 2 atom stereocenters. The van der Waals surface area contributed by atoms with Gasteiger partial charge in [0.1, 0.15) is 5.39 Å². The third kappa shape index (κ3) is 3.53. The van der Waals surface area contributed by atoms with Gasteiger partial charge in [-0.2, -0.15) is 10.4 Å². The number of carboxylic acid groups (broad SMARTS) is 1. The fourth-order valence-corrected chi connectivity index (χ4v) is 3.95. The fourth-order valence-electron chi connectivity index (χ4n) is 3.95. The minimum atomic E-state index is -0.994. The zero-order chi connectivity index (χ0) is 21.3. The van der Waals surface area contributed by atoms with Crippen molar-refractivity contribution in [2.24, 2.45) is 5.92 Å². The fraction of sp³-hybridized carbons (Fsp3) is 0.333. The number of aromatic carboxylic acids is 1. The number of nitrogens with one attached hydrogen (secondary N) is 2. The molecule has 0 bridgehead atoms. The first-order valence-corrected chi connectivity index (χ1v) is 9.65. The summed E-state index contributed by atoms with van der Waals surface area (Å²) in [6.07, 6.45) is 2.71. The molecule has 2 aromatic heterocycles. The maximum atomic E-state index is 12.6. The zero-order valence-corrected chi connectivity index (χ0v) is 16.4. The molecule has 0 unspecified atom stereocenters. The standard InChI is InChI=1S/C21H21N5O4/c1-12-10-14(2-3-15(12)21(28)29)24-19-18-16(5-8-23-20(18)27)26(25-19)17-11-30-9-6-13(17)4-7-22/h2-3,5,8,10,13,17H,4,6,9,11H2,1H3,(H,23,27)(H,24,25)(H,28,29)/t13-,17-/m0/s1. The lowest BCUT2D eigenvalue weighted by molar-refractivity contribution is 0.0211.